The molecule has 0 aliphatic carbocycles. The SMILES string of the molecule is CCC1(CC)COC(c2ccc(CNC(=O)CCC(C)(C)SSc3ccccc3CCOP(OC3CC(n4ccc(NC(C)=O)nc4=O)OC3COC(c3ccccc3)(c3ccc(OC)cc3)c3ccc(OC)cc3)N(C(C)C)C(C)C)cc2)OC1. The fourth-order valence-electron chi connectivity index (χ4n) is 10.7. The Morgan fingerprint density at radius 1 is 0.814 bits per heavy atom. The van der Waals surface area contributed by atoms with E-state index in [0.29, 0.717) is 57.1 Å². The standard InChI is InChI=1S/C67H86N5O11PS2/c1-12-66(13-2)44-78-63(79-45-66)51-25-23-49(24-26-51)42-68-61(74)35-38-65(8,9)86-85-59-22-18-17-19-50(59)37-40-81-84(72(46(3)4)47(5)6)83-57-41-62(71-39-36-60(69-48(7)73)70-64(71)75)82-58(57)43-80-67(52-20-15-14-16-21-52,53-27-31-55(76-10)32-28-53)54-29-33-56(77-11)34-30-54/h14-34,36,39,46-47,57-58,62-63H,12-13,35,37-38,40-45H2,1-11H3,(H,68,74)(H,69,70,73,75). The van der Waals surface area contributed by atoms with Crippen molar-refractivity contribution in [3.8, 4) is 11.5 Å². The number of amides is 2. The zero-order chi connectivity index (χ0) is 61.4. The van der Waals surface area contributed by atoms with Crippen molar-refractivity contribution < 1.29 is 47.1 Å². The summed E-state index contributed by atoms with van der Waals surface area (Å²) in [5.41, 5.74) is 4.04. The molecule has 2 N–H and O–H groups in total. The summed E-state index contributed by atoms with van der Waals surface area (Å²) >= 11 is 0. The molecule has 1 aromatic heterocycles. The lowest BCUT2D eigenvalue weighted by molar-refractivity contribution is -0.235. The van der Waals surface area contributed by atoms with Gasteiger partial charge >= 0.3 is 5.69 Å². The molecule has 0 spiro atoms. The lowest BCUT2D eigenvalue weighted by atomic mass is 9.80. The van der Waals surface area contributed by atoms with E-state index in [9.17, 15) is 14.4 Å². The summed E-state index contributed by atoms with van der Waals surface area (Å²) in [5, 5.41) is 5.73. The molecule has 0 radical (unpaired) electrons. The van der Waals surface area contributed by atoms with Crippen molar-refractivity contribution in [1.29, 1.82) is 0 Å². The average molecular weight is 1230 g/mol. The summed E-state index contributed by atoms with van der Waals surface area (Å²) in [6, 6.07) is 43.9. The highest BCUT2D eigenvalue weighted by Gasteiger charge is 2.45. The Hall–Kier alpha value is -5.63. The number of nitrogens with zero attached hydrogens (tertiary/aromatic N) is 3. The minimum Gasteiger partial charge on any atom is -0.497 e. The molecule has 3 heterocycles. The monoisotopic (exact) mass is 1230 g/mol. The molecule has 2 aliphatic heterocycles. The summed E-state index contributed by atoms with van der Waals surface area (Å²) < 4.78 is 55.6. The molecular weight excluding hydrogens is 1150 g/mol. The van der Waals surface area contributed by atoms with E-state index in [1.165, 1.54) is 11.5 Å². The van der Waals surface area contributed by atoms with Crippen LogP contribution < -0.4 is 25.8 Å². The maximum Gasteiger partial charge on any atom is 0.351 e. The number of carbonyl (C=O) groups excluding carboxylic acids is 2. The van der Waals surface area contributed by atoms with E-state index in [-0.39, 0.29) is 59.2 Å². The molecule has 2 fully saturated rings. The van der Waals surface area contributed by atoms with Crippen LogP contribution in [0.4, 0.5) is 5.82 Å². The van der Waals surface area contributed by atoms with Gasteiger partial charge in [0.15, 0.2) is 6.29 Å². The van der Waals surface area contributed by atoms with E-state index in [0.717, 1.165) is 51.1 Å². The number of anilines is 1. The van der Waals surface area contributed by atoms with Gasteiger partial charge in [-0.1, -0.05) is 132 Å². The Labute approximate surface area is 517 Å². The summed E-state index contributed by atoms with van der Waals surface area (Å²) in [7, 11) is 5.01. The molecule has 8 rings (SSSR count). The second kappa shape index (κ2) is 31.0. The minimum absolute atomic E-state index is 0.0134. The summed E-state index contributed by atoms with van der Waals surface area (Å²) in [5.74, 6) is 1.21. The number of ether oxygens (including phenoxy) is 6. The van der Waals surface area contributed by atoms with Crippen LogP contribution in [-0.4, -0.2) is 95.7 Å². The Balaban J connectivity index is 0.963. The van der Waals surface area contributed by atoms with Gasteiger partial charge < -0.3 is 48.1 Å². The molecule has 2 aliphatic rings. The first-order valence-corrected chi connectivity index (χ1v) is 33.1. The number of carbonyl (C=O) groups is 2. The smallest absolute Gasteiger partial charge is 0.351 e. The fraction of sp³-hybridized carbons (Fsp3) is 0.463. The predicted molar refractivity (Wildman–Crippen MR) is 342 cm³/mol. The molecule has 16 nitrogen and oxygen atoms in total. The van der Waals surface area contributed by atoms with Gasteiger partial charge in [0.1, 0.15) is 35.2 Å². The summed E-state index contributed by atoms with van der Waals surface area (Å²) in [6.07, 6.45) is 3.07. The van der Waals surface area contributed by atoms with Crippen LogP contribution in [0, 0.1) is 5.41 Å². The van der Waals surface area contributed by atoms with Crippen molar-refractivity contribution in [3.05, 3.63) is 184 Å². The molecule has 4 unspecified atom stereocenters. The van der Waals surface area contributed by atoms with Crippen LogP contribution in [0.3, 0.4) is 0 Å². The molecule has 4 atom stereocenters. The highest BCUT2D eigenvalue weighted by molar-refractivity contribution is 8.77. The van der Waals surface area contributed by atoms with Crippen molar-refractivity contribution in [1.82, 2.24) is 19.5 Å². The number of nitrogens with one attached hydrogen (secondary N) is 2. The maximum atomic E-state index is 13.8. The van der Waals surface area contributed by atoms with Crippen LogP contribution >= 0.6 is 30.1 Å². The fourth-order valence-corrected chi connectivity index (χ4v) is 15.1. The van der Waals surface area contributed by atoms with E-state index in [1.54, 1.807) is 48.1 Å². The minimum atomic E-state index is -1.74. The second-order valence-electron chi connectivity index (χ2n) is 23.1. The first-order valence-electron chi connectivity index (χ1n) is 29.8. The molecule has 462 valence electrons. The van der Waals surface area contributed by atoms with Gasteiger partial charge in [-0.05, 0) is 131 Å². The van der Waals surface area contributed by atoms with Gasteiger partial charge in [-0.25, -0.2) is 9.46 Å². The predicted octanol–water partition coefficient (Wildman–Crippen LogP) is 14.0. The van der Waals surface area contributed by atoms with E-state index in [2.05, 4.69) is 99.9 Å². The zero-order valence-corrected chi connectivity index (χ0v) is 54.1. The van der Waals surface area contributed by atoms with Gasteiger partial charge in [-0.3, -0.25) is 14.2 Å². The van der Waals surface area contributed by atoms with Crippen LogP contribution in [0.5, 0.6) is 11.5 Å². The normalized spacial score (nSPS) is 17.7. The van der Waals surface area contributed by atoms with E-state index < -0.39 is 38.3 Å². The molecule has 5 aromatic carbocycles. The maximum absolute atomic E-state index is 13.8. The van der Waals surface area contributed by atoms with E-state index in [4.69, 9.17) is 37.5 Å². The third kappa shape index (κ3) is 17.2. The average Bonchev–Trinajstić information content (AvgIpc) is 3.30. The van der Waals surface area contributed by atoms with Crippen molar-refractivity contribution >= 4 is 47.7 Å². The van der Waals surface area contributed by atoms with Crippen LogP contribution in [0.25, 0.3) is 0 Å². The lowest BCUT2D eigenvalue weighted by Gasteiger charge is -2.39. The van der Waals surface area contributed by atoms with Crippen LogP contribution in [0.2, 0.25) is 0 Å². The molecule has 6 aromatic rings. The number of rotatable bonds is 30. The third-order valence-corrected chi connectivity index (χ3v) is 21.5. The molecule has 86 heavy (non-hydrogen) atoms. The van der Waals surface area contributed by atoms with Gasteiger partial charge in [0.05, 0.1) is 46.8 Å². The van der Waals surface area contributed by atoms with Crippen molar-refractivity contribution in [2.75, 3.05) is 46.0 Å². The number of hydrogen-bond acceptors (Lipinski definition) is 15. The molecule has 0 bridgehead atoms. The second-order valence-corrected chi connectivity index (χ2v) is 27.4. The Morgan fingerprint density at radius 2 is 1.42 bits per heavy atom. The summed E-state index contributed by atoms with van der Waals surface area (Å²) in [6.45, 7) is 20.9. The van der Waals surface area contributed by atoms with Gasteiger partial charge in [0.25, 0.3) is 8.53 Å². The lowest BCUT2D eigenvalue weighted by Crippen LogP contribution is -2.39. The first-order chi connectivity index (χ1) is 41.4. The van der Waals surface area contributed by atoms with Crippen LogP contribution in [0.1, 0.15) is 140 Å². The first kappa shape index (κ1) is 66.3. The van der Waals surface area contributed by atoms with Gasteiger partial charge in [0, 0.05) is 65.2 Å². The topological polar surface area (TPSA) is 170 Å². The van der Waals surface area contributed by atoms with Gasteiger partial charge in [-0.15, -0.1) is 0 Å². The largest absolute Gasteiger partial charge is 0.497 e. The highest BCUT2D eigenvalue weighted by Crippen LogP contribution is 2.51. The molecule has 2 amide bonds. The Bertz CT molecular complexity index is 3100. The highest BCUT2D eigenvalue weighted by atomic mass is 33.1. The number of benzene rings is 5. The van der Waals surface area contributed by atoms with Crippen molar-refractivity contribution in [2.45, 2.75) is 159 Å². The van der Waals surface area contributed by atoms with Crippen molar-refractivity contribution in [2.24, 2.45) is 5.41 Å². The molecule has 19 heteroatoms. The van der Waals surface area contributed by atoms with Gasteiger partial charge in [-0.2, -0.15) is 4.98 Å². The Morgan fingerprint density at radius 3 is 2.00 bits per heavy atom. The van der Waals surface area contributed by atoms with Crippen LogP contribution in [-0.2, 0) is 56.2 Å². The molecule has 2 saturated heterocycles. The van der Waals surface area contributed by atoms with E-state index in [1.807, 2.05) is 103 Å². The van der Waals surface area contributed by atoms with Crippen LogP contribution in [0.15, 0.2) is 149 Å². The van der Waals surface area contributed by atoms with Gasteiger partial charge in [0.2, 0.25) is 11.8 Å². The quantitative estimate of drug-likeness (QED) is 0.0248. The van der Waals surface area contributed by atoms with Crippen molar-refractivity contribution in [3.63, 3.8) is 0 Å². The zero-order valence-electron chi connectivity index (χ0n) is 51.6. The molecule has 0 saturated carbocycles. The third-order valence-electron chi connectivity index (χ3n) is 15.9. The number of methoxy groups -OCH3 is 2. The van der Waals surface area contributed by atoms with E-state index >= 15 is 0 Å². The Kier molecular flexibility index (Phi) is 23.9. The summed E-state index contributed by atoms with van der Waals surface area (Å²) in [4.78, 5) is 44.3. The number of hydrogen-bond donors (Lipinski definition) is 2. The molecular formula is C67H86N5O11PS2. The number of aromatic nitrogens is 2.